The van der Waals surface area contributed by atoms with E-state index >= 15 is 0 Å². The minimum absolute atomic E-state index is 0.0281. The van der Waals surface area contributed by atoms with Crippen molar-refractivity contribution >= 4 is 17.8 Å². The fourth-order valence-electron chi connectivity index (χ4n) is 4.09. The first kappa shape index (κ1) is 27.3. The summed E-state index contributed by atoms with van der Waals surface area (Å²) in [6.45, 7) is 5.88. The first-order chi connectivity index (χ1) is 13.8. The third-order valence-corrected chi connectivity index (χ3v) is 5.56. The average molecular weight is 418 g/mol. The second-order valence-corrected chi connectivity index (χ2v) is 7.72. The highest BCUT2D eigenvalue weighted by Crippen LogP contribution is 2.26. The molecule has 0 aromatic heterocycles. The summed E-state index contributed by atoms with van der Waals surface area (Å²) in [4.78, 5) is 36.2. The number of quaternary nitrogens is 1. The summed E-state index contributed by atoms with van der Waals surface area (Å²) in [7, 11) is 0. The summed E-state index contributed by atoms with van der Waals surface area (Å²) >= 11 is 0. The normalized spacial score (nSPS) is 15.3. The molecule has 0 heterocycles. The van der Waals surface area contributed by atoms with Gasteiger partial charge < -0.3 is 20.6 Å². The summed E-state index contributed by atoms with van der Waals surface area (Å²) in [5.41, 5.74) is 0. The summed E-state index contributed by atoms with van der Waals surface area (Å²) in [5, 5.41) is 32.2. The monoisotopic (exact) mass is 417 g/mol. The maximum Gasteiger partial charge on any atom is 0.362 e. The van der Waals surface area contributed by atoms with Crippen LogP contribution in [0.2, 0.25) is 0 Å². The Hall–Kier alpha value is -1.67. The van der Waals surface area contributed by atoms with Crippen LogP contribution in [0.25, 0.3) is 0 Å². The van der Waals surface area contributed by atoms with E-state index in [9.17, 15) is 29.7 Å². The third kappa shape index (κ3) is 9.12. The molecule has 0 rings (SSSR count). The number of aliphatic carboxylic acids is 2. The van der Waals surface area contributed by atoms with Crippen LogP contribution in [0.4, 0.5) is 0 Å². The van der Waals surface area contributed by atoms with Gasteiger partial charge in [-0.05, 0) is 19.3 Å². The van der Waals surface area contributed by atoms with Crippen molar-refractivity contribution in [2.45, 2.75) is 90.6 Å². The smallest absolute Gasteiger partial charge is 0.362 e. The van der Waals surface area contributed by atoms with Crippen molar-refractivity contribution < 1.29 is 34.2 Å². The molecule has 0 radical (unpaired) electrons. The van der Waals surface area contributed by atoms with Gasteiger partial charge in [0.1, 0.15) is 6.54 Å². The number of hydrogen-bond acceptors (Lipinski definition) is 4. The van der Waals surface area contributed by atoms with Crippen molar-refractivity contribution in [2.75, 3.05) is 26.2 Å². The van der Waals surface area contributed by atoms with Gasteiger partial charge in [-0.1, -0.05) is 40.0 Å². The zero-order valence-corrected chi connectivity index (χ0v) is 18.4. The van der Waals surface area contributed by atoms with Crippen LogP contribution in [-0.2, 0) is 14.4 Å². The molecule has 4 N–H and O–H groups in total. The lowest BCUT2D eigenvalue weighted by Gasteiger charge is -2.46. The number of aliphatic hydroxyl groups is 1. The van der Waals surface area contributed by atoms with Crippen molar-refractivity contribution in [1.29, 1.82) is 0 Å². The lowest BCUT2D eigenvalue weighted by Crippen LogP contribution is -2.68. The van der Waals surface area contributed by atoms with Crippen molar-refractivity contribution in [3.8, 4) is 0 Å². The Bertz CT molecular complexity index is 474. The number of amides is 1. The molecule has 0 saturated carbocycles. The first-order valence-corrected chi connectivity index (χ1v) is 11.0. The maximum absolute atomic E-state index is 12.1. The Kier molecular flexibility index (Phi) is 14.3. The molecule has 0 fully saturated rings. The lowest BCUT2D eigenvalue weighted by molar-refractivity contribution is -0.958. The molecule has 0 bridgehead atoms. The lowest BCUT2D eigenvalue weighted by atomic mass is 9.98. The molecule has 0 saturated heterocycles. The number of aliphatic hydroxyl groups excluding tert-OH is 1. The number of hydrogen-bond donors (Lipinski definition) is 4. The summed E-state index contributed by atoms with van der Waals surface area (Å²) in [6.07, 6.45) is 6.18. The number of carbonyl (C=O) groups excluding carboxylic acids is 1. The van der Waals surface area contributed by atoms with E-state index in [1.54, 1.807) is 0 Å². The van der Waals surface area contributed by atoms with Crippen molar-refractivity contribution in [3.63, 3.8) is 0 Å². The molecule has 2 unspecified atom stereocenters. The molecule has 0 aliphatic rings. The van der Waals surface area contributed by atoms with Gasteiger partial charge in [0, 0.05) is 19.3 Å². The molecule has 2 atom stereocenters. The Balaban J connectivity index is 5.50. The SMILES string of the molecule is CCCCCCC(=O)NCC[N+](CCO)(C(CCC)C(=O)O)C(CCC)C(=O)O. The summed E-state index contributed by atoms with van der Waals surface area (Å²) in [6, 6.07) is -1.89. The van der Waals surface area contributed by atoms with Gasteiger partial charge >= 0.3 is 11.9 Å². The van der Waals surface area contributed by atoms with Crippen molar-refractivity contribution in [3.05, 3.63) is 0 Å². The summed E-state index contributed by atoms with van der Waals surface area (Å²) < 4.78 is -0.251. The Morgan fingerprint density at radius 2 is 1.38 bits per heavy atom. The van der Waals surface area contributed by atoms with Gasteiger partial charge in [0.15, 0.2) is 12.1 Å². The molecule has 0 aliphatic carbocycles. The highest BCUT2D eigenvalue weighted by atomic mass is 16.4. The Morgan fingerprint density at radius 1 is 0.828 bits per heavy atom. The zero-order valence-electron chi connectivity index (χ0n) is 18.4. The van der Waals surface area contributed by atoms with E-state index < -0.39 is 24.0 Å². The van der Waals surface area contributed by atoms with E-state index in [0.717, 1.165) is 25.7 Å². The number of unbranched alkanes of at least 4 members (excludes halogenated alkanes) is 3. The van der Waals surface area contributed by atoms with Crippen LogP contribution in [0.1, 0.15) is 78.6 Å². The molecular weight excluding hydrogens is 376 g/mol. The second-order valence-electron chi connectivity index (χ2n) is 7.72. The quantitative estimate of drug-likeness (QED) is 0.200. The van der Waals surface area contributed by atoms with E-state index in [-0.39, 0.29) is 36.6 Å². The molecule has 0 spiro atoms. The number of nitrogens with zero attached hydrogens (tertiary/aromatic N) is 1. The number of carboxylic acids is 2. The standard InChI is InChI=1S/C21H40N2O6/c1-4-7-8-9-12-19(25)22-13-14-23(15-16-24,17(10-5-2)20(26)27)18(11-6-3)21(28)29/h17-18,24H,4-16H2,1-3H3,(H2-,22,25,26,27,28,29)/p+1. The number of nitrogens with one attached hydrogen (secondary N) is 1. The van der Waals surface area contributed by atoms with Gasteiger partial charge in [0.2, 0.25) is 5.91 Å². The molecule has 0 aromatic carbocycles. The van der Waals surface area contributed by atoms with E-state index in [1.807, 2.05) is 13.8 Å². The molecule has 1 amide bonds. The van der Waals surface area contributed by atoms with Gasteiger partial charge in [0.05, 0.1) is 19.7 Å². The minimum atomic E-state index is -1.06. The zero-order chi connectivity index (χ0) is 22.3. The van der Waals surface area contributed by atoms with Crippen molar-refractivity contribution in [1.82, 2.24) is 5.32 Å². The predicted octanol–water partition coefficient (Wildman–Crippen LogP) is 2.39. The second kappa shape index (κ2) is 15.2. The fourth-order valence-corrected chi connectivity index (χ4v) is 4.09. The minimum Gasteiger partial charge on any atom is -0.477 e. The average Bonchev–Trinajstić information content (AvgIpc) is 2.66. The van der Waals surface area contributed by atoms with Crippen LogP contribution in [0.3, 0.4) is 0 Å². The topological polar surface area (TPSA) is 124 Å². The molecule has 8 nitrogen and oxygen atoms in total. The van der Waals surface area contributed by atoms with Crippen LogP contribution >= 0.6 is 0 Å². The van der Waals surface area contributed by atoms with E-state index in [1.165, 1.54) is 0 Å². The fraction of sp³-hybridized carbons (Fsp3) is 0.857. The van der Waals surface area contributed by atoms with E-state index in [2.05, 4.69) is 12.2 Å². The van der Waals surface area contributed by atoms with Gasteiger partial charge in [-0.25, -0.2) is 9.59 Å². The number of carbonyl (C=O) groups is 3. The van der Waals surface area contributed by atoms with Gasteiger partial charge in [-0.3, -0.25) is 9.28 Å². The Morgan fingerprint density at radius 3 is 1.79 bits per heavy atom. The summed E-state index contributed by atoms with van der Waals surface area (Å²) in [5.74, 6) is -2.23. The third-order valence-electron chi connectivity index (χ3n) is 5.56. The van der Waals surface area contributed by atoms with Crippen LogP contribution in [0.15, 0.2) is 0 Å². The Labute approximate surface area is 174 Å². The largest absolute Gasteiger partial charge is 0.477 e. The predicted molar refractivity (Wildman–Crippen MR) is 112 cm³/mol. The first-order valence-electron chi connectivity index (χ1n) is 11.0. The van der Waals surface area contributed by atoms with Crippen molar-refractivity contribution in [2.24, 2.45) is 0 Å². The number of carboxylic acid groups (broad SMARTS) is 2. The molecule has 170 valence electrons. The highest BCUT2D eigenvalue weighted by molar-refractivity contribution is 5.76. The van der Waals surface area contributed by atoms with Crippen LogP contribution in [0.5, 0.6) is 0 Å². The van der Waals surface area contributed by atoms with E-state index in [4.69, 9.17) is 0 Å². The molecule has 29 heavy (non-hydrogen) atoms. The van der Waals surface area contributed by atoms with Gasteiger partial charge in [-0.2, -0.15) is 0 Å². The maximum atomic E-state index is 12.1. The number of rotatable bonds is 18. The van der Waals surface area contributed by atoms with Crippen LogP contribution < -0.4 is 5.32 Å². The van der Waals surface area contributed by atoms with Crippen LogP contribution in [-0.4, -0.2) is 76.0 Å². The molecule has 0 aliphatic heterocycles. The molecular formula is C21H41N2O6+. The van der Waals surface area contributed by atoms with Gasteiger partial charge in [0.25, 0.3) is 0 Å². The van der Waals surface area contributed by atoms with E-state index in [0.29, 0.717) is 32.1 Å². The van der Waals surface area contributed by atoms with Gasteiger partial charge in [-0.15, -0.1) is 0 Å². The molecule has 8 heteroatoms. The molecule has 0 aromatic rings. The van der Waals surface area contributed by atoms with Crippen LogP contribution in [0, 0.1) is 0 Å². The highest BCUT2D eigenvalue weighted by Gasteiger charge is 2.49.